The lowest BCUT2D eigenvalue weighted by molar-refractivity contribution is 0.0813. The molecule has 0 heterocycles. The summed E-state index contributed by atoms with van der Waals surface area (Å²) in [5.41, 5.74) is 1.05. The van der Waals surface area contributed by atoms with E-state index in [0.29, 0.717) is 10.8 Å². The fourth-order valence-corrected chi connectivity index (χ4v) is 2.85. The fourth-order valence-electron chi connectivity index (χ4n) is 2.85. The first-order valence-corrected chi connectivity index (χ1v) is 5.34. The van der Waals surface area contributed by atoms with Crippen LogP contribution in [0.3, 0.4) is 0 Å². The summed E-state index contributed by atoms with van der Waals surface area (Å²) in [4.78, 5) is 0. The number of hydrogen-bond donors (Lipinski definition) is 0. The molecule has 2 atom stereocenters. The van der Waals surface area contributed by atoms with Crippen LogP contribution in [0.5, 0.6) is 0 Å². The van der Waals surface area contributed by atoms with Gasteiger partial charge in [0.25, 0.3) is 0 Å². The van der Waals surface area contributed by atoms with Crippen LogP contribution in [-0.2, 0) is 0 Å². The van der Waals surface area contributed by atoms with Crippen LogP contribution in [0.4, 0.5) is 0 Å². The van der Waals surface area contributed by atoms with Crippen molar-refractivity contribution in [2.24, 2.45) is 22.7 Å². The van der Waals surface area contributed by atoms with Crippen molar-refractivity contribution in [2.75, 3.05) is 0 Å². The summed E-state index contributed by atoms with van der Waals surface area (Å²) in [5.74, 6) is 1.82. The van der Waals surface area contributed by atoms with Gasteiger partial charge in [-0.25, -0.2) is 0 Å². The molecule has 0 aliphatic heterocycles. The van der Waals surface area contributed by atoms with Gasteiger partial charge in [-0.1, -0.05) is 48.0 Å². The van der Waals surface area contributed by atoms with Gasteiger partial charge in [0, 0.05) is 0 Å². The molecule has 1 aliphatic rings. The average molecular weight is 168 g/mol. The number of rotatable bonds is 1. The topological polar surface area (TPSA) is 0 Å². The normalized spacial score (nSPS) is 38.5. The van der Waals surface area contributed by atoms with E-state index in [2.05, 4.69) is 41.5 Å². The van der Waals surface area contributed by atoms with E-state index in [-0.39, 0.29) is 0 Å². The molecule has 0 amide bonds. The molecule has 12 heavy (non-hydrogen) atoms. The fraction of sp³-hybridized carbons (Fsp3) is 1.00. The van der Waals surface area contributed by atoms with Crippen molar-refractivity contribution >= 4 is 0 Å². The monoisotopic (exact) mass is 168 g/mol. The van der Waals surface area contributed by atoms with Crippen molar-refractivity contribution < 1.29 is 0 Å². The van der Waals surface area contributed by atoms with Crippen molar-refractivity contribution in [3.05, 3.63) is 0 Å². The van der Waals surface area contributed by atoms with Crippen molar-refractivity contribution in [1.82, 2.24) is 0 Å². The smallest absolute Gasteiger partial charge is 0.0272 e. The maximum Gasteiger partial charge on any atom is -0.0272 e. The molecule has 1 fully saturated rings. The van der Waals surface area contributed by atoms with Crippen LogP contribution >= 0.6 is 0 Å². The minimum atomic E-state index is 0.522. The second-order valence-corrected chi connectivity index (χ2v) is 5.69. The van der Waals surface area contributed by atoms with E-state index in [9.17, 15) is 0 Å². The van der Waals surface area contributed by atoms with E-state index in [4.69, 9.17) is 0 Å². The van der Waals surface area contributed by atoms with Gasteiger partial charge in [0.1, 0.15) is 0 Å². The molecule has 1 saturated carbocycles. The third kappa shape index (κ3) is 1.11. The van der Waals surface area contributed by atoms with Crippen molar-refractivity contribution in [3.63, 3.8) is 0 Å². The quantitative estimate of drug-likeness (QED) is 0.553. The first kappa shape index (κ1) is 10.1. The zero-order valence-corrected chi connectivity index (χ0v) is 9.57. The molecule has 0 nitrogen and oxygen atoms in total. The highest BCUT2D eigenvalue weighted by atomic mass is 14.6. The molecule has 1 aliphatic carbocycles. The summed E-state index contributed by atoms with van der Waals surface area (Å²) in [6, 6.07) is 0. The zero-order chi connectivity index (χ0) is 9.57. The molecule has 0 aromatic rings. The van der Waals surface area contributed by atoms with E-state index in [0.717, 1.165) is 11.8 Å². The molecular weight excluding hydrogens is 144 g/mol. The lowest BCUT2D eigenvalue weighted by Crippen LogP contribution is -2.33. The van der Waals surface area contributed by atoms with Gasteiger partial charge in [-0.05, 0) is 29.1 Å². The third-order valence-corrected chi connectivity index (χ3v) is 5.04. The first-order chi connectivity index (χ1) is 5.34. The van der Waals surface area contributed by atoms with Crippen LogP contribution < -0.4 is 0 Å². The molecule has 1 rings (SSSR count). The van der Waals surface area contributed by atoms with E-state index < -0.39 is 0 Å². The van der Waals surface area contributed by atoms with Gasteiger partial charge in [-0.2, -0.15) is 0 Å². The van der Waals surface area contributed by atoms with E-state index in [1.54, 1.807) is 0 Å². The molecule has 0 bridgehead atoms. The Morgan fingerprint density at radius 3 is 1.75 bits per heavy atom. The molecular formula is C12H24. The minimum Gasteiger partial charge on any atom is -0.0651 e. The molecule has 0 spiro atoms. The van der Waals surface area contributed by atoms with Gasteiger partial charge < -0.3 is 0 Å². The van der Waals surface area contributed by atoms with Crippen LogP contribution in [0.2, 0.25) is 0 Å². The van der Waals surface area contributed by atoms with Crippen LogP contribution in [0, 0.1) is 22.7 Å². The van der Waals surface area contributed by atoms with Gasteiger partial charge in [-0.3, -0.25) is 0 Å². The van der Waals surface area contributed by atoms with Crippen molar-refractivity contribution in [3.8, 4) is 0 Å². The summed E-state index contributed by atoms with van der Waals surface area (Å²) in [6.45, 7) is 14.5. The van der Waals surface area contributed by atoms with Crippen molar-refractivity contribution in [1.29, 1.82) is 0 Å². The van der Waals surface area contributed by atoms with Crippen LogP contribution in [0.15, 0.2) is 0 Å². The molecule has 72 valence electrons. The predicted molar refractivity (Wildman–Crippen MR) is 55.1 cm³/mol. The molecule has 0 heteroatoms. The highest BCUT2D eigenvalue weighted by Gasteiger charge is 2.51. The van der Waals surface area contributed by atoms with Gasteiger partial charge in [0.2, 0.25) is 0 Å². The summed E-state index contributed by atoms with van der Waals surface area (Å²) in [5, 5.41) is 0. The van der Waals surface area contributed by atoms with Gasteiger partial charge >= 0.3 is 0 Å². The summed E-state index contributed by atoms with van der Waals surface area (Å²) in [6.07, 6.45) is 2.78. The highest BCUT2D eigenvalue weighted by molar-refractivity contribution is 5.00. The molecule has 0 saturated heterocycles. The van der Waals surface area contributed by atoms with Crippen LogP contribution in [-0.4, -0.2) is 0 Å². The van der Waals surface area contributed by atoms with Crippen LogP contribution in [0.25, 0.3) is 0 Å². The standard InChI is InChI=1S/C12H24/c1-7-10-8-9(2)11(3,4)12(10,5)6/h9-10H,7-8H2,1-6H3/t9?,10-/m0/s1. The Morgan fingerprint density at radius 2 is 1.58 bits per heavy atom. The summed E-state index contributed by atoms with van der Waals surface area (Å²) in [7, 11) is 0. The zero-order valence-electron chi connectivity index (χ0n) is 9.57. The lowest BCUT2D eigenvalue weighted by atomic mass is 9.64. The van der Waals surface area contributed by atoms with E-state index >= 15 is 0 Å². The van der Waals surface area contributed by atoms with E-state index in [1.807, 2.05) is 0 Å². The Kier molecular flexibility index (Phi) is 2.31. The second-order valence-electron chi connectivity index (χ2n) is 5.69. The van der Waals surface area contributed by atoms with Crippen molar-refractivity contribution in [2.45, 2.75) is 54.4 Å². The predicted octanol–water partition coefficient (Wildman–Crippen LogP) is 4.10. The Balaban J connectivity index is 2.92. The Hall–Kier alpha value is 0. The van der Waals surface area contributed by atoms with Gasteiger partial charge in [0.05, 0.1) is 0 Å². The molecule has 0 aromatic heterocycles. The Morgan fingerprint density at radius 1 is 1.08 bits per heavy atom. The molecule has 1 unspecified atom stereocenters. The van der Waals surface area contributed by atoms with Gasteiger partial charge in [0.15, 0.2) is 0 Å². The SMILES string of the molecule is CC[C@H]1CC(C)C(C)(C)C1(C)C. The minimum absolute atomic E-state index is 0.522. The lowest BCUT2D eigenvalue weighted by Gasteiger charge is -2.41. The second kappa shape index (κ2) is 2.75. The maximum atomic E-state index is 2.45. The Bertz CT molecular complexity index is 165. The number of hydrogen-bond acceptors (Lipinski definition) is 0. The average Bonchev–Trinajstić information content (AvgIpc) is 2.10. The molecule has 0 aromatic carbocycles. The van der Waals surface area contributed by atoms with Crippen LogP contribution in [0.1, 0.15) is 54.4 Å². The van der Waals surface area contributed by atoms with E-state index in [1.165, 1.54) is 12.8 Å². The maximum absolute atomic E-state index is 2.45. The summed E-state index contributed by atoms with van der Waals surface area (Å²) < 4.78 is 0. The van der Waals surface area contributed by atoms with Gasteiger partial charge in [-0.15, -0.1) is 0 Å². The molecule has 0 N–H and O–H groups in total. The first-order valence-electron chi connectivity index (χ1n) is 5.34. The highest BCUT2D eigenvalue weighted by Crippen LogP contribution is 2.59. The molecule has 0 radical (unpaired) electrons. The summed E-state index contributed by atoms with van der Waals surface area (Å²) >= 11 is 0. The largest absolute Gasteiger partial charge is 0.0651 e. The third-order valence-electron chi connectivity index (χ3n) is 5.04. The Labute approximate surface area is 77.7 Å².